The van der Waals surface area contributed by atoms with Crippen molar-refractivity contribution in [3.63, 3.8) is 0 Å². The molecule has 0 radical (unpaired) electrons. The van der Waals surface area contributed by atoms with E-state index < -0.39 is 0 Å². The molecule has 10 nitrogen and oxygen atoms in total. The second kappa shape index (κ2) is 6.32. The maximum absolute atomic E-state index is 13.2. The molecule has 6 aromatic rings. The summed E-state index contributed by atoms with van der Waals surface area (Å²) in [6, 6.07) is 5.88. The minimum atomic E-state index is -0.140. The monoisotopic (exact) mass is 417 g/mol. The van der Waals surface area contributed by atoms with E-state index in [2.05, 4.69) is 30.7 Å². The molecule has 0 aliphatic carbocycles. The number of rotatable bonds is 4. The van der Waals surface area contributed by atoms with Crippen LogP contribution in [0, 0.1) is 0 Å². The predicted octanol–water partition coefficient (Wildman–Crippen LogP) is 1.98. The van der Waals surface area contributed by atoms with Gasteiger partial charge in [-0.15, -0.1) is 11.3 Å². The average Bonchev–Trinajstić information content (AvgIpc) is 3.52. The van der Waals surface area contributed by atoms with E-state index in [1.54, 1.807) is 29.9 Å². The van der Waals surface area contributed by atoms with Crippen LogP contribution in [-0.2, 0) is 20.0 Å². The zero-order valence-electron chi connectivity index (χ0n) is 15.8. The highest BCUT2D eigenvalue weighted by atomic mass is 32.1. The number of aromatic amines is 2. The number of aromatic nitrogens is 9. The van der Waals surface area contributed by atoms with Crippen molar-refractivity contribution >= 4 is 43.5 Å². The fourth-order valence-corrected chi connectivity index (χ4v) is 4.94. The first-order valence-corrected chi connectivity index (χ1v) is 10.1. The Morgan fingerprint density at radius 3 is 2.93 bits per heavy atom. The second-order valence-electron chi connectivity index (χ2n) is 7.08. The minimum Gasteiger partial charge on any atom is -0.323 e. The number of hydrogen-bond donors (Lipinski definition) is 2. The van der Waals surface area contributed by atoms with Gasteiger partial charge in [0.05, 0.1) is 41.0 Å². The van der Waals surface area contributed by atoms with Crippen molar-refractivity contribution < 1.29 is 0 Å². The average molecular weight is 417 g/mol. The molecule has 11 heteroatoms. The molecule has 1 aromatic carbocycles. The number of nitrogens with zero attached hydrogens (tertiary/aromatic N) is 7. The van der Waals surface area contributed by atoms with E-state index in [-0.39, 0.29) is 5.56 Å². The van der Waals surface area contributed by atoms with Crippen LogP contribution in [0.25, 0.3) is 32.2 Å². The van der Waals surface area contributed by atoms with Crippen LogP contribution in [0.5, 0.6) is 0 Å². The smallest absolute Gasteiger partial charge is 0.291 e. The quantitative estimate of drug-likeness (QED) is 0.452. The van der Waals surface area contributed by atoms with Crippen molar-refractivity contribution in [2.75, 3.05) is 0 Å². The molecule has 0 saturated carbocycles. The SMILES string of the molecule is Cn1c2nc(Cc3cn[nH]n3)sc2c2cnn(Cc3cccc4[nH]ncc34)c(=O)c21. The Hall–Kier alpha value is -3.86. The molecule has 0 saturated heterocycles. The molecule has 0 amide bonds. The maximum Gasteiger partial charge on any atom is 0.291 e. The van der Waals surface area contributed by atoms with Gasteiger partial charge in [0.25, 0.3) is 5.56 Å². The van der Waals surface area contributed by atoms with Crippen LogP contribution >= 0.6 is 11.3 Å². The van der Waals surface area contributed by atoms with Crippen molar-refractivity contribution in [2.45, 2.75) is 13.0 Å². The van der Waals surface area contributed by atoms with E-state index in [0.717, 1.165) is 42.9 Å². The van der Waals surface area contributed by atoms with Gasteiger partial charge in [-0.2, -0.15) is 25.6 Å². The molecule has 148 valence electrons. The molecule has 0 atom stereocenters. The van der Waals surface area contributed by atoms with Gasteiger partial charge < -0.3 is 4.57 Å². The number of nitrogens with one attached hydrogen (secondary N) is 2. The topological polar surface area (TPSA) is 123 Å². The molecule has 30 heavy (non-hydrogen) atoms. The molecule has 0 spiro atoms. The normalized spacial score (nSPS) is 11.9. The van der Waals surface area contributed by atoms with E-state index in [1.165, 1.54) is 4.68 Å². The third-order valence-electron chi connectivity index (χ3n) is 5.26. The highest BCUT2D eigenvalue weighted by molar-refractivity contribution is 7.19. The van der Waals surface area contributed by atoms with Crippen LogP contribution in [0.4, 0.5) is 0 Å². The van der Waals surface area contributed by atoms with Gasteiger partial charge in [0, 0.05) is 24.2 Å². The zero-order chi connectivity index (χ0) is 20.2. The maximum atomic E-state index is 13.2. The summed E-state index contributed by atoms with van der Waals surface area (Å²) in [5.41, 5.74) is 3.99. The van der Waals surface area contributed by atoms with Crippen LogP contribution in [-0.4, -0.2) is 44.9 Å². The number of H-pyrrole nitrogens is 2. The van der Waals surface area contributed by atoms with Gasteiger partial charge in [-0.3, -0.25) is 9.89 Å². The fraction of sp³-hybridized carbons (Fsp3) is 0.158. The van der Waals surface area contributed by atoms with Crippen molar-refractivity contribution in [3.8, 4) is 0 Å². The Morgan fingerprint density at radius 2 is 2.07 bits per heavy atom. The summed E-state index contributed by atoms with van der Waals surface area (Å²) in [4.78, 5) is 18.0. The first-order valence-electron chi connectivity index (χ1n) is 9.28. The largest absolute Gasteiger partial charge is 0.323 e. The summed E-state index contributed by atoms with van der Waals surface area (Å²) in [5, 5.41) is 24.8. The zero-order valence-corrected chi connectivity index (χ0v) is 16.6. The van der Waals surface area contributed by atoms with Crippen LogP contribution in [0.15, 0.2) is 41.6 Å². The van der Waals surface area contributed by atoms with Gasteiger partial charge in [-0.05, 0) is 11.6 Å². The first kappa shape index (κ1) is 17.0. The van der Waals surface area contributed by atoms with Crippen molar-refractivity contribution in [3.05, 3.63) is 63.4 Å². The Balaban J connectivity index is 1.45. The molecule has 2 N–H and O–H groups in total. The number of fused-ring (bicyclic) bond motifs is 4. The molecule has 0 bridgehead atoms. The summed E-state index contributed by atoms with van der Waals surface area (Å²) in [6.45, 7) is 0.370. The van der Waals surface area contributed by atoms with Gasteiger partial charge in [-0.1, -0.05) is 12.1 Å². The van der Waals surface area contributed by atoms with E-state index in [4.69, 9.17) is 4.98 Å². The predicted molar refractivity (Wildman–Crippen MR) is 113 cm³/mol. The van der Waals surface area contributed by atoms with Gasteiger partial charge in [0.15, 0.2) is 5.65 Å². The summed E-state index contributed by atoms with van der Waals surface area (Å²) < 4.78 is 4.30. The molecule has 5 heterocycles. The Bertz CT molecular complexity index is 1590. The summed E-state index contributed by atoms with van der Waals surface area (Å²) in [6.07, 6.45) is 5.81. The number of benzene rings is 1. The van der Waals surface area contributed by atoms with E-state index in [9.17, 15) is 4.79 Å². The Labute approximate surface area is 172 Å². The molecular weight excluding hydrogens is 402 g/mol. The number of thiazole rings is 1. The number of aryl methyl sites for hydroxylation is 1. The van der Waals surface area contributed by atoms with Crippen LogP contribution in [0.2, 0.25) is 0 Å². The molecule has 5 aromatic heterocycles. The van der Waals surface area contributed by atoms with Gasteiger partial charge in [-0.25, -0.2) is 9.67 Å². The lowest BCUT2D eigenvalue weighted by Crippen LogP contribution is -2.24. The summed E-state index contributed by atoms with van der Waals surface area (Å²) >= 11 is 1.55. The molecular formula is C19H15N9OS. The minimum absolute atomic E-state index is 0.140. The van der Waals surface area contributed by atoms with Crippen molar-refractivity contribution in [2.24, 2.45) is 7.05 Å². The Morgan fingerprint density at radius 1 is 1.13 bits per heavy atom. The van der Waals surface area contributed by atoms with E-state index in [1.807, 2.05) is 29.8 Å². The third-order valence-corrected chi connectivity index (χ3v) is 6.34. The fourth-order valence-electron chi connectivity index (χ4n) is 3.81. The van der Waals surface area contributed by atoms with Crippen LogP contribution < -0.4 is 5.56 Å². The van der Waals surface area contributed by atoms with E-state index >= 15 is 0 Å². The number of hydrogen-bond acceptors (Lipinski definition) is 7. The summed E-state index contributed by atoms with van der Waals surface area (Å²) in [5.74, 6) is 0. The summed E-state index contributed by atoms with van der Waals surface area (Å²) in [7, 11) is 1.87. The van der Waals surface area contributed by atoms with Crippen molar-refractivity contribution in [1.29, 1.82) is 0 Å². The Kier molecular flexibility index (Phi) is 3.59. The van der Waals surface area contributed by atoms with E-state index in [0.29, 0.717) is 18.5 Å². The van der Waals surface area contributed by atoms with Gasteiger partial charge in [0.2, 0.25) is 0 Å². The van der Waals surface area contributed by atoms with Crippen LogP contribution in [0.1, 0.15) is 16.3 Å². The lowest BCUT2D eigenvalue weighted by Gasteiger charge is -2.07. The highest BCUT2D eigenvalue weighted by Crippen LogP contribution is 2.31. The second-order valence-corrected chi connectivity index (χ2v) is 8.16. The van der Waals surface area contributed by atoms with Crippen LogP contribution in [0.3, 0.4) is 0 Å². The third kappa shape index (κ3) is 2.48. The molecule has 0 aliphatic rings. The van der Waals surface area contributed by atoms with Gasteiger partial charge in [0.1, 0.15) is 10.5 Å². The first-order chi connectivity index (χ1) is 14.7. The lowest BCUT2D eigenvalue weighted by atomic mass is 10.1. The van der Waals surface area contributed by atoms with Crippen molar-refractivity contribution in [1.82, 2.24) is 44.9 Å². The molecule has 0 aliphatic heterocycles. The highest BCUT2D eigenvalue weighted by Gasteiger charge is 2.19. The molecule has 0 unspecified atom stereocenters. The standard InChI is InChI=1S/C19H15N9OS/c1-27-16-13(17-18(27)23-15(30-17)5-11-6-21-26-24-11)8-22-28(19(16)29)9-10-3-2-4-14-12(10)7-20-25-14/h2-4,6-8H,5,9H2,1H3,(H,20,25)(H,21,24,26). The van der Waals surface area contributed by atoms with Gasteiger partial charge >= 0.3 is 0 Å². The lowest BCUT2D eigenvalue weighted by molar-refractivity contribution is 0.647. The molecule has 0 fully saturated rings. The molecule has 6 rings (SSSR count).